The van der Waals surface area contributed by atoms with Crippen molar-refractivity contribution in [3.8, 4) is 0 Å². The Kier molecular flexibility index (Phi) is 4.67. The lowest BCUT2D eigenvalue weighted by Gasteiger charge is -2.25. The zero-order valence-corrected chi connectivity index (χ0v) is 14.7. The molecule has 8 nitrogen and oxygen atoms in total. The Morgan fingerprint density at radius 1 is 1.31 bits per heavy atom. The first-order valence-corrected chi connectivity index (χ1v) is 8.57. The first-order valence-electron chi connectivity index (χ1n) is 8.57. The first kappa shape index (κ1) is 17.9. The molecular formula is C18H21N3O5. The van der Waals surface area contributed by atoms with Gasteiger partial charge in [0.15, 0.2) is 6.61 Å². The third-order valence-electron chi connectivity index (χ3n) is 4.88. The Bertz CT molecular complexity index is 750. The minimum Gasteiger partial charge on any atom is -0.455 e. The Morgan fingerprint density at radius 2 is 1.96 bits per heavy atom. The average Bonchev–Trinajstić information content (AvgIpc) is 3.33. The van der Waals surface area contributed by atoms with Crippen LogP contribution in [0, 0.1) is 11.8 Å². The number of ether oxygens (including phenoxy) is 1. The summed E-state index contributed by atoms with van der Waals surface area (Å²) in [6, 6.07) is 8.10. The molecule has 1 saturated heterocycles. The summed E-state index contributed by atoms with van der Waals surface area (Å²) in [5.41, 5.74) is 1.62. The van der Waals surface area contributed by atoms with Crippen molar-refractivity contribution in [3.05, 3.63) is 35.9 Å². The number of nitrogens with one attached hydrogen (secondary N) is 2. The van der Waals surface area contributed by atoms with Gasteiger partial charge in [0.1, 0.15) is 5.54 Å². The van der Waals surface area contributed by atoms with Crippen LogP contribution >= 0.6 is 0 Å². The summed E-state index contributed by atoms with van der Waals surface area (Å²) >= 11 is 0. The normalized spacial score (nSPS) is 27.1. The molecule has 3 rings (SSSR count). The zero-order valence-electron chi connectivity index (χ0n) is 14.7. The van der Waals surface area contributed by atoms with Crippen LogP contribution in [0.15, 0.2) is 30.3 Å². The molecule has 1 aliphatic carbocycles. The maximum Gasteiger partial charge on any atom is 0.344 e. The Labute approximate surface area is 150 Å². The van der Waals surface area contributed by atoms with E-state index in [2.05, 4.69) is 10.7 Å². The average molecular weight is 359 g/mol. The van der Waals surface area contributed by atoms with Crippen molar-refractivity contribution < 1.29 is 23.9 Å². The molecule has 8 heteroatoms. The summed E-state index contributed by atoms with van der Waals surface area (Å²) in [4.78, 5) is 48.7. The highest BCUT2D eigenvalue weighted by molar-refractivity contribution is 6.08. The Morgan fingerprint density at radius 3 is 2.54 bits per heavy atom. The second-order valence-electron chi connectivity index (χ2n) is 6.66. The van der Waals surface area contributed by atoms with Crippen LogP contribution in [0.4, 0.5) is 4.79 Å². The topological polar surface area (TPSA) is 105 Å². The molecule has 3 atom stereocenters. The van der Waals surface area contributed by atoms with E-state index in [4.69, 9.17) is 4.74 Å². The second-order valence-corrected chi connectivity index (χ2v) is 6.66. The number of carbonyl (C=O) groups is 4. The summed E-state index contributed by atoms with van der Waals surface area (Å²) < 4.78 is 4.92. The molecule has 138 valence electrons. The minimum absolute atomic E-state index is 0.162. The fourth-order valence-corrected chi connectivity index (χ4v) is 3.09. The number of carbonyl (C=O) groups excluding carboxylic acids is 4. The molecular weight excluding hydrogens is 338 g/mol. The van der Waals surface area contributed by atoms with E-state index in [1.165, 1.54) is 0 Å². The van der Waals surface area contributed by atoms with E-state index in [9.17, 15) is 19.2 Å². The SMILES string of the molecule is CC[C@]1(c2ccccc2)NC(=O)N(NC(=O)COC(=O)[C@H]2C[C@@H]2C)C1=O. The van der Waals surface area contributed by atoms with Gasteiger partial charge < -0.3 is 10.1 Å². The fraction of sp³-hybridized carbons (Fsp3) is 0.444. The van der Waals surface area contributed by atoms with Crippen molar-refractivity contribution >= 4 is 23.8 Å². The van der Waals surface area contributed by atoms with Crippen LogP contribution in [-0.4, -0.2) is 35.4 Å². The van der Waals surface area contributed by atoms with Crippen molar-refractivity contribution in [3.63, 3.8) is 0 Å². The van der Waals surface area contributed by atoms with Crippen LogP contribution in [0.1, 0.15) is 32.3 Å². The number of esters is 1. The minimum atomic E-state index is -1.23. The number of rotatable bonds is 6. The van der Waals surface area contributed by atoms with E-state index in [0.29, 0.717) is 17.0 Å². The van der Waals surface area contributed by atoms with Crippen LogP contribution in [0.2, 0.25) is 0 Å². The number of urea groups is 1. The standard InChI is InChI=1S/C18H21N3O5/c1-3-18(12-7-5-4-6-8-12)16(24)21(17(25)19-18)20-14(22)10-26-15(23)13-9-11(13)2/h4-8,11,13H,3,9-10H2,1-2H3,(H,19,25)(H,20,22)/t11-,13-,18+/m0/s1. The molecule has 1 aromatic rings. The summed E-state index contributed by atoms with van der Waals surface area (Å²) in [6.07, 6.45) is 1.08. The number of hydrogen-bond acceptors (Lipinski definition) is 5. The van der Waals surface area contributed by atoms with E-state index in [-0.39, 0.29) is 11.8 Å². The van der Waals surface area contributed by atoms with Gasteiger partial charge in [0.2, 0.25) is 0 Å². The van der Waals surface area contributed by atoms with E-state index in [1.807, 2.05) is 13.0 Å². The van der Waals surface area contributed by atoms with Crippen molar-refractivity contribution in [1.82, 2.24) is 15.8 Å². The molecule has 0 bridgehead atoms. The van der Waals surface area contributed by atoms with Crippen molar-refractivity contribution in [2.45, 2.75) is 32.2 Å². The number of nitrogens with zero attached hydrogens (tertiary/aromatic N) is 1. The summed E-state index contributed by atoms with van der Waals surface area (Å²) in [5, 5.41) is 3.30. The van der Waals surface area contributed by atoms with Crippen LogP contribution in [-0.2, 0) is 24.7 Å². The fourth-order valence-electron chi connectivity index (χ4n) is 3.09. The van der Waals surface area contributed by atoms with Crippen molar-refractivity contribution in [1.29, 1.82) is 0 Å². The molecule has 0 aromatic heterocycles. The number of benzene rings is 1. The highest BCUT2D eigenvalue weighted by Gasteiger charge is 2.52. The lowest BCUT2D eigenvalue weighted by molar-refractivity contribution is -0.152. The van der Waals surface area contributed by atoms with Crippen LogP contribution < -0.4 is 10.7 Å². The molecule has 0 spiro atoms. The molecule has 1 heterocycles. The first-order chi connectivity index (χ1) is 12.4. The van der Waals surface area contributed by atoms with Crippen LogP contribution in [0.3, 0.4) is 0 Å². The Balaban J connectivity index is 1.65. The number of imide groups is 1. The van der Waals surface area contributed by atoms with E-state index >= 15 is 0 Å². The van der Waals surface area contributed by atoms with Crippen molar-refractivity contribution in [2.24, 2.45) is 11.8 Å². The van der Waals surface area contributed by atoms with Gasteiger partial charge in [-0.1, -0.05) is 44.2 Å². The predicted molar refractivity (Wildman–Crippen MR) is 90.2 cm³/mol. The largest absolute Gasteiger partial charge is 0.455 e. The van der Waals surface area contributed by atoms with Gasteiger partial charge in [0.25, 0.3) is 11.8 Å². The summed E-state index contributed by atoms with van der Waals surface area (Å²) in [6.45, 7) is 3.16. The Hall–Kier alpha value is -2.90. The molecule has 1 saturated carbocycles. The molecule has 1 aliphatic heterocycles. The highest BCUT2D eigenvalue weighted by atomic mass is 16.5. The number of hydrazine groups is 1. The lowest BCUT2D eigenvalue weighted by atomic mass is 9.87. The van der Waals surface area contributed by atoms with Crippen molar-refractivity contribution in [2.75, 3.05) is 6.61 Å². The lowest BCUT2D eigenvalue weighted by Crippen LogP contribution is -2.49. The summed E-state index contributed by atoms with van der Waals surface area (Å²) in [7, 11) is 0. The molecule has 2 N–H and O–H groups in total. The van der Waals surface area contributed by atoms with E-state index in [1.54, 1.807) is 31.2 Å². The quantitative estimate of drug-likeness (QED) is 0.584. The molecule has 4 amide bonds. The zero-order chi connectivity index (χ0) is 18.9. The van der Waals surface area contributed by atoms with E-state index in [0.717, 1.165) is 6.42 Å². The maximum absolute atomic E-state index is 12.8. The van der Waals surface area contributed by atoms with Crippen LogP contribution in [0.25, 0.3) is 0 Å². The van der Waals surface area contributed by atoms with E-state index < -0.39 is 36.0 Å². The highest BCUT2D eigenvalue weighted by Crippen LogP contribution is 2.38. The molecule has 26 heavy (non-hydrogen) atoms. The maximum atomic E-state index is 12.8. The number of hydrogen-bond donors (Lipinski definition) is 2. The molecule has 2 fully saturated rings. The molecule has 0 unspecified atom stereocenters. The van der Waals surface area contributed by atoms with Gasteiger partial charge >= 0.3 is 12.0 Å². The van der Waals surface area contributed by atoms with Gasteiger partial charge in [-0.25, -0.2) is 4.79 Å². The third-order valence-corrected chi connectivity index (χ3v) is 4.88. The molecule has 2 aliphatic rings. The van der Waals surface area contributed by atoms with Crippen LogP contribution in [0.5, 0.6) is 0 Å². The third kappa shape index (κ3) is 3.14. The van der Waals surface area contributed by atoms with Gasteiger partial charge in [-0.05, 0) is 24.3 Å². The number of amides is 4. The van der Waals surface area contributed by atoms with Gasteiger partial charge in [-0.2, -0.15) is 5.01 Å². The smallest absolute Gasteiger partial charge is 0.344 e. The summed E-state index contributed by atoms with van der Waals surface area (Å²) in [5.74, 6) is -1.64. The monoisotopic (exact) mass is 359 g/mol. The molecule has 1 aromatic carbocycles. The van der Waals surface area contributed by atoms with Gasteiger partial charge in [-0.15, -0.1) is 0 Å². The van der Waals surface area contributed by atoms with Gasteiger partial charge in [0, 0.05) is 0 Å². The van der Waals surface area contributed by atoms with Gasteiger partial charge in [-0.3, -0.25) is 19.8 Å². The second kappa shape index (κ2) is 6.78. The van der Waals surface area contributed by atoms with Gasteiger partial charge in [0.05, 0.1) is 5.92 Å². The predicted octanol–water partition coefficient (Wildman–Crippen LogP) is 1.07. The molecule has 0 radical (unpaired) electrons.